The summed E-state index contributed by atoms with van der Waals surface area (Å²) in [5.74, 6) is 0. The summed E-state index contributed by atoms with van der Waals surface area (Å²) in [6, 6.07) is 4.22. The Hall–Kier alpha value is -1.33. The SMILES string of the molecule is Cl.Cn1c(=O)n(C2CC(N)C2)c2ncccc21. The molecular weight excluding hydrogens is 240 g/mol. The number of imidazole rings is 1. The Morgan fingerprint density at radius 1 is 1.47 bits per heavy atom. The molecule has 2 aromatic rings. The van der Waals surface area contributed by atoms with E-state index in [9.17, 15) is 4.79 Å². The minimum absolute atomic E-state index is 0. The van der Waals surface area contributed by atoms with Crippen LogP contribution in [-0.4, -0.2) is 20.2 Å². The van der Waals surface area contributed by atoms with Crippen LogP contribution in [0.1, 0.15) is 18.9 Å². The molecule has 0 atom stereocenters. The van der Waals surface area contributed by atoms with Gasteiger partial charge in [-0.05, 0) is 25.0 Å². The number of fused-ring (bicyclic) bond motifs is 1. The van der Waals surface area contributed by atoms with Crippen molar-refractivity contribution in [1.82, 2.24) is 14.1 Å². The van der Waals surface area contributed by atoms with Gasteiger partial charge >= 0.3 is 5.69 Å². The fourth-order valence-corrected chi connectivity index (χ4v) is 2.36. The lowest BCUT2D eigenvalue weighted by Crippen LogP contribution is -2.41. The summed E-state index contributed by atoms with van der Waals surface area (Å²) >= 11 is 0. The fourth-order valence-electron chi connectivity index (χ4n) is 2.36. The molecule has 2 heterocycles. The summed E-state index contributed by atoms with van der Waals surface area (Å²) in [4.78, 5) is 16.4. The Morgan fingerprint density at radius 3 is 2.82 bits per heavy atom. The molecule has 5 nitrogen and oxygen atoms in total. The molecule has 0 bridgehead atoms. The van der Waals surface area contributed by atoms with E-state index in [1.165, 1.54) is 0 Å². The molecule has 1 fully saturated rings. The average Bonchev–Trinajstić information content (AvgIpc) is 2.49. The largest absolute Gasteiger partial charge is 0.330 e. The molecule has 0 radical (unpaired) electrons. The Labute approximate surface area is 105 Å². The minimum Gasteiger partial charge on any atom is -0.328 e. The number of nitrogens with two attached hydrogens (primary N) is 1. The van der Waals surface area contributed by atoms with Crippen LogP contribution in [0.25, 0.3) is 11.2 Å². The quantitative estimate of drug-likeness (QED) is 0.819. The van der Waals surface area contributed by atoms with Gasteiger partial charge in [0.2, 0.25) is 0 Å². The van der Waals surface area contributed by atoms with Gasteiger partial charge in [0.25, 0.3) is 0 Å². The molecule has 92 valence electrons. The highest BCUT2D eigenvalue weighted by molar-refractivity contribution is 5.85. The monoisotopic (exact) mass is 254 g/mol. The Bertz CT molecular complexity index is 597. The van der Waals surface area contributed by atoms with Gasteiger partial charge in [-0.25, -0.2) is 9.78 Å². The fraction of sp³-hybridized carbons (Fsp3) is 0.455. The molecule has 2 aromatic heterocycles. The van der Waals surface area contributed by atoms with Crippen molar-refractivity contribution in [3.05, 3.63) is 28.8 Å². The lowest BCUT2D eigenvalue weighted by molar-refractivity contribution is 0.264. The van der Waals surface area contributed by atoms with E-state index in [1.807, 2.05) is 12.1 Å². The lowest BCUT2D eigenvalue weighted by Gasteiger charge is -2.32. The predicted octanol–water partition coefficient (Wildman–Crippen LogP) is 0.819. The van der Waals surface area contributed by atoms with Gasteiger partial charge in [0.15, 0.2) is 5.65 Å². The van der Waals surface area contributed by atoms with E-state index in [0.29, 0.717) is 0 Å². The first kappa shape index (κ1) is 12.1. The van der Waals surface area contributed by atoms with Gasteiger partial charge in [-0.2, -0.15) is 0 Å². The van der Waals surface area contributed by atoms with Crippen LogP contribution in [0.2, 0.25) is 0 Å². The van der Waals surface area contributed by atoms with Gasteiger partial charge in [0.1, 0.15) is 0 Å². The highest BCUT2D eigenvalue weighted by Crippen LogP contribution is 2.31. The summed E-state index contributed by atoms with van der Waals surface area (Å²) < 4.78 is 3.42. The molecule has 1 aliphatic rings. The molecule has 0 aromatic carbocycles. The number of nitrogens with zero attached hydrogens (tertiary/aromatic N) is 3. The third-order valence-electron chi connectivity index (χ3n) is 3.36. The Kier molecular flexibility index (Phi) is 2.97. The van der Waals surface area contributed by atoms with Crippen molar-refractivity contribution in [2.24, 2.45) is 12.8 Å². The second-order valence-electron chi connectivity index (χ2n) is 4.44. The van der Waals surface area contributed by atoms with Crippen molar-refractivity contribution in [3.8, 4) is 0 Å². The van der Waals surface area contributed by atoms with Crippen LogP contribution in [0.4, 0.5) is 0 Å². The number of hydrogen-bond donors (Lipinski definition) is 1. The van der Waals surface area contributed by atoms with Gasteiger partial charge < -0.3 is 5.73 Å². The van der Waals surface area contributed by atoms with Crippen LogP contribution in [0.3, 0.4) is 0 Å². The highest BCUT2D eigenvalue weighted by Gasteiger charge is 2.30. The minimum atomic E-state index is 0. The van der Waals surface area contributed by atoms with E-state index in [1.54, 1.807) is 22.4 Å². The van der Waals surface area contributed by atoms with E-state index in [0.717, 1.165) is 24.0 Å². The Balaban J connectivity index is 0.00000108. The molecule has 0 amide bonds. The zero-order chi connectivity index (χ0) is 11.3. The molecule has 0 unspecified atom stereocenters. The normalized spacial score (nSPS) is 23.2. The molecule has 0 saturated heterocycles. The zero-order valence-electron chi connectivity index (χ0n) is 9.54. The first-order chi connectivity index (χ1) is 7.68. The molecule has 6 heteroatoms. The van der Waals surface area contributed by atoms with Crippen molar-refractivity contribution in [3.63, 3.8) is 0 Å². The summed E-state index contributed by atoms with van der Waals surface area (Å²) in [6.45, 7) is 0. The number of halogens is 1. The zero-order valence-corrected chi connectivity index (χ0v) is 10.4. The van der Waals surface area contributed by atoms with Gasteiger partial charge in [-0.3, -0.25) is 9.13 Å². The van der Waals surface area contributed by atoms with Gasteiger partial charge in [0.05, 0.1) is 5.52 Å². The highest BCUT2D eigenvalue weighted by atomic mass is 35.5. The molecule has 1 saturated carbocycles. The van der Waals surface area contributed by atoms with E-state index in [-0.39, 0.29) is 30.2 Å². The van der Waals surface area contributed by atoms with E-state index >= 15 is 0 Å². The maximum absolute atomic E-state index is 12.1. The standard InChI is InChI=1S/C11H14N4O.ClH/c1-14-9-3-2-4-13-10(9)15(11(14)16)8-5-7(12)6-8;/h2-4,7-8H,5-6,12H2,1H3;1H. The number of pyridine rings is 1. The van der Waals surface area contributed by atoms with Crippen LogP contribution in [0, 0.1) is 0 Å². The molecule has 3 rings (SSSR count). The number of aromatic nitrogens is 3. The van der Waals surface area contributed by atoms with Crippen molar-refractivity contribution < 1.29 is 0 Å². The molecule has 0 spiro atoms. The molecule has 0 aliphatic heterocycles. The van der Waals surface area contributed by atoms with Crippen LogP contribution >= 0.6 is 12.4 Å². The van der Waals surface area contributed by atoms with Crippen LogP contribution in [0.15, 0.2) is 23.1 Å². The van der Waals surface area contributed by atoms with Gasteiger partial charge in [0, 0.05) is 25.3 Å². The molecular formula is C11H15ClN4O. The molecule has 1 aliphatic carbocycles. The second-order valence-corrected chi connectivity index (χ2v) is 4.44. The van der Waals surface area contributed by atoms with Crippen LogP contribution in [-0.2, 0) is 7.05 Å². The summed E-state index contributed by atoms with van der Waals surface area (Å²) in [5.41, 5.74) is 7.42. The average molecular weight is 255 g/mol. The summed E-state index contributed by atoms with van der Waals surface area (Å²) in [5, 5.41) is 0. The van der Waals surface area contributed by atoms with Gasteiger partial charge in [-0.15, -0.1) is 12.4 Å². The van der Waals surface area contributed by atoms with Gasteiger partial charge in [-0.1, -0.05) is 0 Å². The van der Waals surface area contributed by atoms with E-state index in [4.69, 9.17) is 5.73 Å². The van der Waals surface area contributed by atoms with Crippen LogP contribution < -0.4 is 11.4 Å². The van der Waals surface area contributed by atoms with Crippen molar-refractivity contribution in [2.45, 2.75) is 24.9 Å². The maximum Gasteiger partial charge on any atom is 0.330 e. The smallest absolute Gasteiger partial charge is 0.328 e. The molecule has 17 heavy (non-hydrogen) atoms. The maximum atomic E-state index is 12.1. The third kappa shape index (κ3) is 1.66. The third-order valence-corrected chi connectivity index (χ3v) is 3.36. The summed E-state index contributed by atoms with van der Waals surface area (Å²) in [6.07, 6.45) is 3.46. The first-order valence-electron chi connectivity index (χ1n) is 5.46. The van der Waals surface area contributed by atoms with E-state index in [2.05, 4.69) is 4.98 Å². The first-order valence-corrected chi connectivity index (χ1v) is 5.46. The predicted molar refractivity (Wildman–Crippen MR) is 68.5 cm³/mol. The lowest BCUT2D eigenvalue weighted by atomic mass is 9.87. The summed E-state index contributed by atoms with van der Waals surface area (Å²) in [7, 11) is 1.78. The Morgan fingerprint density at radius 2 is 2.18 bits per heavy atom. The van der Waals surface area contributed by atoms with E-state index < -0.39 is 0 Å². The topological polar surface area (TPSA) is 65.8 Å². The number of rotatable bonds is 1. The molecule has 2 N–H and O–H groups in total. The van der Waals surface area contributed by atoms with Crippen molar-refractivity contribution in [1.29, 1.82) is 0 Å². The second kappa shape index (κ2) is 4.16. The van der Waals surface area contributed by atoms with Crippen molar-refractivity contribution >= 4 is 23.6 Å². The number of aryl methyl sites for hydroxylation is 1. The number of hydrogen-bond acceptors (Lipinski definition) is 3. The van der Waals surface area contributed by atoms with Crippen LogP contribution in [0.5, 0.6) is 0 Å². The van der Waals surface area contributed by atoms with Crippen molar-refractivity contribution in [2.75, 3.05) is 0 Å².